The van der Waals surface area contributed by atoms with Crippen molar-refractivity contribution in [1.29, 1.82) is 0 Å². The molecule has 0 amide bonds. The predicted molar refractivity (Wildman–Crippen MR) is 62.1 cm³/mol. The summed E-state index contributed by atoms with van der Waals surface area (Å²) in [6.45, 7) is 2.37. The van der Waals surface area contributed by atoms with Crippen LogP contribution in [0.4, 0.5) is 5.69 Å². The molecule has 0 spiro atoms. The summed E-state index contributed by atoms with van der Waals surface area (Å²) in [6, 6.07) is 2.86. The molecule has 1 aliphatic rings. The Labute approximate surface area is 99.1 Å². The molecule has 2 N–H and O–H groups in total. The van der Waals surface area contributed by atoms with Gasteiger partial charge in [0.05, 0.1) is 11.5 Å². The molecule has 1 aromatic carbocycles. The van der Waals surface area contributed by atoms with E-state index in [4.69, 9.17) is 10.5 Å². The van der Waals surface area contributed by atoms with E-state index < -0.39 is 4.92 Å². The number of aryl methyl sites for hydroxylation is 1. The van der Waals surface area contributed by atoms with Gasteiger partial charge in [0.25, 0.3) is 5.69 Å². The third-order valence-electron chi connectivity index (χ3n) is 2.57. The Hall–Kier alpha value is -1.33. The minimum Gasteiger partial charge on any atom is -0.493 e. The molecule has 1 atom stereocenters. The number of hydrogen-bond acceptors (Lipinski definition) is 4. The van der Waals surface area contributed by atoms with Crippen LogP contribution in [0.5, 0.6) is 5.75 Å². The lowest BCUT2D eigenvalue weighted by atomic mass is 9.98. The molecule has 0 radical (unpaired) electrons. The quantitative estimate of drug-likeness (QED) is 0.606. The van der Waals surface area contributed by atoms with E-state index in [0.717, 1.165) is 11.1 Å². The van der Waals surface area contributed by atoms with E-state index in [2.05, 4.69) is 0 Å². The van der Waals surface area contributed by atoms with Gasteiger partial charge in [0.2, 0.25) is 0 Å². The Bertz CT molecular complexity index is 423. The van der Waals surface area contributed by atoms with Crippen LogP contribution in [0.1, 0.15) is 23.6 Å². The van der Waals surface area contributed by atoms with Crippen LogP contribution < -0.4 is 10.5 Å². The maximum Gasteiger partial charge on any atom is 0.270 e. The zero-order valence-electron chi connectivity index (χ0n) is 8.80. The van der Waals surface area contributed by atoms with Crippen LogP contribution in [0, 0.1) is 17.0 Å². The second-order valence-corrected chi connectivity index (χ2v) is 3.68. The van der Waals surface area contributed by atoms with E-state index >= 15 is 0 Å². The van der Waals surface area contributed by atoms with Gasteiger partial charge in [-0.15, -0.1) is 12.4 Å². The first-order valence-electron chi connectivity index (χ1n) is 4.77. The van der Waals surface area contributed by atoms with Crippen LogP contribution >= 0.6 is 12.4 Å². The molecular weight excluding hydrogens is 232 g/mol. The fraction of sp³-hybridized carbons (Fsp3) is 0.400. The van der Waals surface area contributed by atoms with Crippen molar-refractivity contribution in [2.24, 2.45) is 5.73 Å². The summed E-state index contributed by atoms with van der Waals surface area (Å²) in [5.74, 6) is 0.708. The van der Waals surface area contributed by atoms with E-state index in [1.165, 1.54) is 12.1 Å². The number of nitro benzene ring substituents is 1. The highest BCUT2D eigenvalue weighted by Gasteiger charge is 2.23. The van der Waals surface area contributed by atoms with Crippen LogP contribution in [-0.2, 0) is 0 Å². The van der Waals surface area contributed by atoms with E-state index in [0.29, 0.717) is 18.8 Å². The van der Waals surface area contributed by atoms with Crippen LogP contribution in [0.2, 0.25) is 0 Å². The number of hydrogen-bond donors (Lipinski definition) is 1. The van der Waals surface area contributed by atoms with Crippen molar-refractivity contribution in [1.82, 2.24) is 0 Å². The number of nitrogens with zero attached hydrogens (tertiary/aromatic N) is 1. The summed E-state index contributed by atoms with van der Waals surface area (Å²) < 4.78 is 5.46. The van der Waals surface area contributed by atoms with E-state index in [1.54, 1.807) is 6.92 Å². The third-order valence-corrected chi connectivity index (χ3v) is 2.57. The summed E-state index contributed by atoms with van der Waals surface area (Å²) >= 11 is 0. The number of nitrogens with two attached hydrogens (primary N) is 1. The molecule has 6 heteroatoms. The molecule has 88 valence electrons. The van der Waals surface area contributed by atoms with Crippen molar-refractivity contribution in [3.63, 3.8) is 0 Å². The largest absolute Gasteiger partial charge is 0.493 e. The summed E-state index contributed by atoms with van der Waals surface area (Å²) in [6.07, 6.45) is 0.702. The molecule has 1 heterocycles. The molecule has 1 aliphatic heterocycles. The highest BCUT2D eigenvalue weighted by molar-refractivity contribution is 5.85. The van der Waals surface area contributed by atoms with Crippen molar-refractivity contribution in [3.05, 3.63) is 33.4 Å². The number of ether oxygens (including phenoxy) is 1. The Kier molecular flexibility index (Phi) is 3.72. The van der Waals surface area contributed by atoms with Crippen LogP contribution in [0.15, 0.2) is 12.1 Å². The summed E-state index contributed by atoms with van der Waals surface area (Å²) in [5.41, 5.74) is 7.47. The molecule has 0 bridgehead atoms. The first kappa shape index (κ1) is 12.7. The summed E-state index contributed by atoms with van der Waals surface area (Å²) in [7, 11) is 0. The number of non-ortho nitro benzene ring substituents is 1. The molecule has 2 rings (SSSR count). The number of benzene rings is 1. The minimum absolute atomic E-state index is 0. The van der Waals surface area contributed by atoms with Crippen LogP contribution in [0.25, 0.3) is 0 Å². The lowest BCUT2D eigenvalue weighted by molar-refractivity contribution is -0.385. The van der Waals surface area contributed by atoms with Gasteiger partial charge in [-0.05, 0) is 12.5 Å². The zero-order valence-corrected chi connectivity index (χ0v) is 9.62. The van der Waals surface area contributed by atoms with Gasteiger partial charge in [-0.2, -0.15) is 0 Å². The monoisotopic (exact) mass is 244 g/mol. The van der Waals surface area contributed by atoms with E-state index in [1.807, 2.05) is 0 Å². The molecule has 0 saturated carbocycles. The Morgan fingerprint density at radius 2 is 2.25 bits per heavy atom. The van der Waals surface area contributed by atoms with E-state index in [-0.39, 0.29) is 24.1 Å². The maximum absolute atomic E-state index is 10.7. The SMILES string of the molecule is Cc1cc([N+](=O)[O-])cc2c1OCC[C@@H]2N.Cl. The Morgan fingerprint density at radius 1 is 1.56 bits per heavy atom. The Balaban J connectivity index is 0.00000128. The van der Waals surface area contributed by atoms with Crippen molar-refractivity contribution in [3.8, 4) is 5.75 Å². The highest BCUT2D eigenvalue weighted by Crippen LogP contribution is 2.36. The molecule has 0 aromatic heterocycles. The summed E-state index contributed by atoms with van der Waals surface area (Å²) in [4.78, 5) is 10.3. The van der Waals surface area contributed by atoms with Crippen molar-refractivity contribution >= 4 is 18.1 Å². The molecule has 0 fully saturated rings. The van der Waals surface area contributed by atoms with Gasteiger partial charge >= 0.3 is 0 Å². The van der Waals surface area contributed by atoms with Crippen LogP contribution in [-0.4, -0.2) is 11.5 Å². The number of nitro groups is 1. The molecular formula is C10H13ClN2O3. The Morgan fingerprint density at radius 3 is 2.88 bits per heavy atom. The van der Waals surface area contributed by atoms with Gasteiger partial charge in [-0.3, -0.25) is 10.1 Å². The summed E-state index contributed by atoms with van der Waals surface area (Å²) in [5, 5.41) is 10.7. The zero-order chi connectivity index (χ0) is 11.0. The van der Waals surface area contributed by atoms with Crippen molar-refractivity contribution < 1.29 is 9.66 Å². The maximum atomic E-state index is 10.7. The average molecular weight is 245 g/mol. The highest BCUT2D eigenvalue weighted by atomic mass is 35.5. The van der Waals surface area contributed by atoms with Gasteiger partial charge in [0, 0.05) is 30.2 Å². The standard InChI is InChI=1S/C10H12N2O3.ClH/c1-6-4-7(12(13)14)5-8-9(11)2-3-15-10(6)8;/h4-5,9H,2-3,11H2,1H3;1H/t9-;/m0./s1. The van der Waals surface area contributed by atoms with Crippen molar-refractivity contribution in [2.45, 2.75) is 19.4 Å². The molecule has 1 aromatic rings. The second-order valence-electron chi connectivity index (χ2n) is 3.68. The fourth-order valence-corrected chi connectivity index (χ4v) is 1.80. The van der Waals surface area contributed by atoms with Gasteiger partial charge in [-0.1, -0.05) is 0 Å². The second kappa shape index (κ2) is 4.67. The van der Waals surface area contributed by atoms with Gasteiger partial charge in [0.1, 0.15) is 5.75 Å². The topological polar surface area (TPSA) is 78.4 Å². The lowest BCUT2D eigenvalue weighted by Crippen LogP contribution is -2.21. The first-order valence-corrected chi connectivity index (χ1v) is 4.77. The van der Waals surface area contributed by atoms with Gasteiger partial charge in [-0.25, -0.2) is 0 Å². The fourth-order valence-electron chi connectivity index (χ4n) is 1.80. The third kappa shape index (κ3) is 2.10. The number of fused-ring (bicyclic) bond motifs is 1. The smallest absolute Gasteiger partial charge is 0.270 e. The van der Waals surface area contributed by atoms with Crippen LogP contribution in [0.3, 0.4) is 0 Å². The van der Waals surface area contributed by atoms with Gasteiger partial charge in [0.15, 0.2) is 0 Å². The van der Waals surface area contributed by atoms with Gasteiger partial charge < -0.3 is 10.5 Å². The number of rotatable bonds is 1. The predicted octanol–water partition coefficient (Wildman–Crippen LogP) is 2.11. The first-order chi connectivity index (χ1) is 7.09. The van der Waals surface area contributed by atoms with E-state index in [9.17, 15) is 10.1 Å². The molecule has 0 saturated heterocycles. The molecule has 16 heavy (non-hydrogen) atoms. The lowest BCUT2D eigenvalue weighted by Gasteiger charge is -2.24. The molecule has 5 nitrogen and oxygen atoms in total. The van der Waals surface area contributed by atoms with Crippen molar-refractivity contribution in [2.75, 3.05) is 6.61 Å². The number of halogens is 1. The average Bonchev–Trinajstić information content (AvgIpc) is 2.19. The molecule has 0 unspecified atom stereocenters. The minimum atomic E-state index is -0.408. The molecule has 0 aliphatic carbocycles. The normalized spacial score (nSPS) is 18.0.